The van der Waals surface area contributed by atoms with Crippen molar-refractivity contribution in [2.45, 2.75) is 90.5 Å². The molecule has 42 heavy (non-hydrogen) atoms. The molecule has 0 saturated heterocycles. The molecule has 5 nitrogen and oxygen atoms in total. The molecule has 7 unspecified atom stereocenters. The van der Waals surface area contributed by atoms with Crippen LogP contribution in [0.1, 0.15) is 90.0 Å². The van der Waals surface area contributed by atoms with Crippen molar-refractivity contribution in [3.8, 4) is 0 Å². The normalized spacial score (nSPS) is 25.3. The average Bonchev–Trinajstić information content (AvgIpc) is 2.93. The predicted molar refractivity (Wildman–Crippen MR) is 168 cm³/mol. The van der Waals surface area contributed by atoms with Crippen molar-refractivity contribution in [2.75, 3.05) is 0 Å². The topological polar surface area (TPSA) is 64.6 Å². The van der Waals surface area contributed by atoms with E-state index in [9.17, 15) is 9.59 Å². The van der Waals surface area contributed by atoms with Crippen LogP contribution in [0.4, 0.5) is 0 Å². The van der Waals surface area contributed by atoms with Gasteiger partial charge in [0, 0.05) is 23.9 Å². The fourth-order valence-electron chi connectivity index (χ4n) is 6.53. The smallest absolute Gasteiger partial charge is 0.311 e. The number of benzene rings is 3. The molecule has 4 rings (SSSR count). The highest BCUT2D eigenvalue weighted by atomic mass is 16.6. The van der Waals surface area contributed by atoms with Crippen molar-refractivity contribution in [1.82, 2.24) is 5.32 Å². The number of carbonyl (C=O) groups excluding carboxylic acids is 2. The van der Waals surface area contributed by atoms with Gasteiger partial charge in [-0.15, -0.1) is 0 Å². The summed E-state index contributed by atoms with van der Waals surface area (Å²) in [6.07, 6.45) is 0. The lowest BCUT2D eigenvalue weighted by molar-refractivity contribution is -0.172. The first kappa shape index (κ1) is 31.5. The molecule has 1 saturated carbocycles. The van der Waals surface area contributed by atoms with E-state index in [1.165, 1.54) is 0 Å². The van der Waals surface area contributed by atoms with Gasteiger partial charge in [0.05, 0.1) is 11.8 Å². The first-order chi connectivity index (χ1) is 19.8. The first-order valence-electron chi connectivity index (χ1n) is 15.1. The Kier molecular flexibility index (Phi) is 9.62. The zero-order valence-corrected chi connectivity index (χ0v) is 26.3. The predicted octanol–water partition coefficient (Wildman–Crippen LogP) is 7.84. The highest BCUT2D eigenvalue weighted by Crippen LogP contribution is 2.53. The molecule has 0 radical (unpaired) electrons. The summed E-state index contributed by atoms with van der Waals surface area (Å²) in [4.78, 5) is 28.7. The van der Waals surface area contributed by atoms with Crippen LogP contribution < -0.4 is 5.32 Å². The fourth-order valence-corrected chi connectivity index (χ4v) is 6.53. The number of hydrogen-bond acceptors (Lipinski definition) is 5. The molecule has 1 aliphatic rings. The molecule has 0 bridgehead atoms. The molecule has 0 heterocycles. The third-order valence-electron chi connectivity index (χ3n) is 8.15. The minimum absolute atomic E-state index is 0.0329. The molecule has 0 aromatic heterocycles. The molecule has 1 fully saturated rings. The minimum atomic E-state index is -0.686. The van der Waals surface area contributed by atoms with Gasteiger partial charge < -0.3 is 14.8 Å². The van der Waals surface area contributed by atoms with E-state index in [-0.39, 0.29) is 35.9 Å². The van der Waals surface area contributed by atoms with E-state index in [0.29, 0.717) is 0 Å². The average molecular weight is 570 g/mol. The number of hydrogen-bond donors (Lipinski definition) is 1. The third-order valence-corrected chi connectivity index (χ3v) is 8.15. The number of rotatable bonds is 7. The van der Waals surface area contributed by atoms with E-state index in [4.69, 9.17) is 9.47 Å². The quantitative estimate of drug-likeness (QED) is 0.294. The van der Waals surface area contributed by atoms with Crippen LogP contribution in [0.25, 0.3) is 0 Å². The van der Waals surface area contributed by atoms with Gasteiger partial charge in [-0.05, 0) is 71.1 Å². The van der Waals surface area contributed by atoms with Gasteiger partial charge in [-0.25, -0.2) is 0 Å². The molecular formula is C37H47NO4. The number of esters is 2. The van der Waals surface area contributed by atoms with Crippen LogP contribution >= 0.6 is 0 Å². The van der Waals surface area contributed by atoms with Gasteiger partial charge in [0.2, 0.25) is 0 Å². The van der Waals surface area contributed by atoms with Crippen molar-refractivity contribution in [3.05, 3.63) is 108 Å². The molecule has 0 amide bonds. The van der Waals surface area contributed by atoms with Crippen molar-refractivity contribution >= 4 is 11.9 Å². The molecule has 1 aliphatic carbocycles. The maximum Gasteiger partial charge on any atom is 0.311 e. The summed E-state index contributed by atoms with van der Waals surface area (Å²) in [5.74, 6) is -2.62. The van der Waals surface area contributed by atoms with Gasteiger partial charge in [0.15, 0.2) is 0 Å². The molecule has 3 aromatic carbocycles. The third kappa shape index (κ3) is 7.49. The second-order valence-corrected chi connectivity index (χ2v) is 13.7. The summed E-state index contributed by atoms with van der Waals surface area (Å²) in [6, 6.07) is 30.1. The molecule has 3 aromatic rings. The maximum atomic E-state index is 14.4. The van der Waals surface area contributed by atoms with Gasteiger partial charge in [0.1, 0.15) is 11.2 Å². The Morgan fingerprint density at radius 3 is 1.50 bits per heavy atom. The summed E-state index contributed by atoms with van der Waals surface area (Å²) in [5.41, 5.74) is 1.75. The van der Waals surface area contributed by atoms with E-state index in [0.717, 1.165) is 16.7 Å². The Hall–Kier alpha value is -3.44. The SMILES string of the molecule is CC(NC1C(C)C(c2ccccc2)C(C(=O)OC(C)(C)C)C(c2ccccc2)C1C(=O)OC(C)(C)C)c1ccccc1. The molecule has 5 heteroatoms. The monoisotopic (exact) mass is 569 g/mol. The van der Waals surface area contributed by atoms with Crippen molar-refractivity contribution in [2.24, 2.45) is 17.8 Å². The lowest BCUT2D eigenvalue weighted by atomic mass is 9.56. The minimum Gasteiger partial charge on any atom is -0.460 e. The molecule has 224 valence electrons. The van der Waals surface area contributed by atoms with Crippen molar-refractivity contribution in [1.29, 1.82) is 0 Å². The second kappa shape index (κ2) is 12.8. The number of nitrogens with one attached hydrogen (secondary N) is 1. The first-order valence-corrected chi connectivity index (χ1v) is 15.1. The molecule has 0 spiro atoms. The highest BCUT2D eigenvalue weighted by Gasteiger charge is 2.57. The van der Waals surface area contributed by atoms with E-state index >= 15 is 0 Å². The number of carbonyl (C=O) groups is 2. The van der Waals surface area contributed by atoms with E-state index < -0.39 is 29.0 Å². The Labute approximate surface area is 252 Å². The van der Waals surface area contributed by atoms with Crippen LogP contribution in [0.15, 0.2) is 91.0 Å². The van der Waals surface area contributed by atoms with Crippen molar-refractivity contribution < 1.29 is 19.1 Å². The van der Waals surface area contributed by atoms with Crippen LogP contribution in [0.3, 0.4) is 0 Å². The summed E-state index contributed by atoms with van der Waals surface area (Å²) < 4.78 is 12.3. The molecule has 1 N–H and O–H groups in total. The van der Waals surface area contributed by atoms with Crippen LogP contribution in [-0.2, 0) is 19.1 Å². The van der Waals surface area contributed by atoms with Gasteiger partial charge >= 0.3 is 11.9 Å². The molecule has 7 atom stereocenters. The summed E-state index contributed by atoms with van der Waals surface area (Å²) in [6.45, 7) is 15.6. The lowest BCUT2D eigenvalue weighted by Crippen LogP contribution is -2.58. The van der Waals surface area contributed by atoms with E-state index in [1.54, 1.807) is 0 Å². The molecule has 0 aliphatic heterocycles. The fraction of sp³-hybridized carbons (Fsp3) is 0.459. The van der Waals surface area contributed by atoms with Crippen molar-refractivity contribution in [3.63, 3.8) is 0 Å². The van der Waals surface area contributed by atoms with Crippen LogP contribution in [0, 0.1) is 17.8 Å². The second-order valence-electron chi connectivity index (χ2n) is 13.7. The van der Waals surface area contributed by atoms with Gasteiger partial charge in [-0.2, -0.15) is 0 Å². The summed E-state index contributed by atoms with van der Waals surface area (Å²) in [7, 11) is 0. The maximum absolute atomic E-state index is 14.4. The van der Waals surface area contributed by atoms with E-state index in [1.807, 2.05) is 108 Å². The Morgan fingerprint density at radius 2 is 1.05 bits per heavy atom. The largest absolute Gasteiger partial charge is 0.460 e. The van der Waals surface area contributed by atoms with Crippen LogP contribution in [0.5, 0.6) is 0 Å². The van der Waals surface area contributed by atoms with Crippen LogP contribution in [0.2, 0.25) is 0 Å². The molecular weight excluding hydrogens is 522 g/mol. The lowest BCUT2D eigenvalue weighted by Gasteiger charge is -2.51. The van der Waals surface area contributed by atoms with Gasteiger partial charge in [0.25, 0.3) is 0 Å². The highest BCUT2D eigenvalue weighted by molar-refractivity contribution is 5.81. The zero-order valence-electron chi connectivity index (χ0n) is 26.3. The summed E-state index contributed by atoms with van der Waals surface area (Å²) >= 11 is 0. The number of ether oxygens (including phenoxy) is 2. The van der Waals surface area contributed by atoms with E-state index in [2.05, 4.69) is 43.4 Å². The Morgan fingerprint density at radius 1 is 0.643 bits per heavy atom. The van der Waals surface area contributed by atoms with Gasteiger partial charge in [-0.3, -0.25) is 9.59 Å². The van der Waals surface area contributed by atoms with Gasteiger partial charge in [-0.1, -0.05) is 97.9 Å². The summed E-state index contributed by atoms with van der Waals surface area (Å²) in [5, 5.41) is 3.86. The zero-order chi connectivity index (χ0) is 30.7. The van der Waals surface area contributed by atoms with Crippen LogP contribution in [-0.4, -0.2) is 29.2 Å². The standard InChI is InChI=1S/C37H47NO4/c1-24-29(27-20-14-10-15-21-27)31(34(39)41-36(3,4)5)30(28-22-16-11-17-23-28)32(35(40)42-37(6,7)8)33(24)38-25(2)26-18-12-9-13-19-26/h9-25,29-33,38H,1-8H3. The Bertz CT molecular complexity index is 1310. The Balaban J connectivity index is 1.94.